The van der Waals surface area contributed by atoms with E-state index in [9.17, 15) is 15.0 Å². The maximum absolute atomic E-state index is 10.3. The van der Waals surface area contributed by atoms with Crippen LogP contribution in [0.5, 0.6) is 0 Å². The predicted octanol–water partition coefficient (Wildman–Crippen LogP) is 0.790. The number of aliphatic carboxylic acids is 1. The van der Waals surface area contributed by atoms with Crippen molar-refractivity contribution in [2.75, 3.05) is 6.61 Å². The van der Waals surface area contributed by atoms with Crippen molar-refractivity contribution in [1.29, 1.82) is 0 Å². The number of carboxylic acids is 1. The lowest BCUT2D eigenvalue weighted by Crippen LogP contribution is -2.24. The minimum absolute atomic E-state index is 0.00108. The number of hydrogen-bond donors (Lipinski definition) is 3. The van der Waals surface area contributed by atoms with Crippen LogP contribution in [-0.2, 0) is 16.1 Å². The lowest BCUT2D eigenvalue weighted by Gasteiger charge is -2.14. The summed E-state index contributed by atoms with van der Waals surface area (Å²) in [5, 5.41) is 27.3. The Morgan fingerprint density at radius 2 is 1.83 bits per heavy atom. The standard InChI is InChI=1S/C13H18O5/c14-11(7-13(16)17)6-12(15)9-18-8-10-4-2-1-3-5-10/h1-5,11-12,14-15H,6-9H2,(H,16,17)/t11-,12+/m1/s1. The van der Waals surface area contributed by atoms with Crippen LogP contribution < -0.4 is 0 Å². The van der Waals surface area contributed by atoms with Gasteiger partial charge in [-0.3, -0.25) is 4.79 Å². The van der Waals surface area contributed by atoms with Crippen molar-refractivity contribution in [2.45, 2.75) is 31.7 Å². The van der Waals surface area contributed by atoms with Gasteiger partial charge in [-0.2, -0.15) is 0 Å². The zero-order chi connectivity index (χ0) is 13.4. The second-order valence-electron chi connectivity index (χ2n) is 4.14. The highest BCUT2D eigenvalue weighted by Gasteiger charge is 2.15. The minimum atomic E-state index is -1.08. The van der Waals surface area contributed by atoms with Crippen molar-refractivity contribution >= 4 is 5.97 Å². The van der Waals surface area contributed by atoms with Crippen LogP contribution in [0.15, 0.2) is 30.3 Å². The number of carbonyl (C=O) groups is 1. The van der Waals surface area contributed by atoms with Crippen LogP contribution in [-0.4, -0.2) is 40.1 Å². The van der Waals surface area contributed by atoms with E-state index in [-0.39, 0.29) is 19.4 Å². The fourth-order valence-corrected chi connectivity index (χ4v) is 1.55. The number of aliphatic hydroxyl groups is 2. The third-order valence-electron chi connectivity index (χ3n) is 2.38. The molecule has 18 heavy (non-hydrogen) atoms. The molecule has 0 fully saturated rings. The zero-order valence-corrected chi connectivity index (χ0v) is 10.0. The Hall–Kier alpha value is -1.43. The topological polar surface area (TPSA) is 87.0 Å². The maximum atomic E-state index is 10.3. The number of aliphatic hydroxyl groups excluding tert-OH is 2. The molecule has 0 saturated carbocycles. The van der Waals surface area contributed by atoms with E-state index in [1.54, 1.807) is 0 Å². The van der Waals surface area contributed by atoms with Gasteiger partial charge in [0.2, 0.25) is 0 Å². The van der Waals surface area contributed by atoms with Gasteiger partial charge in [0, 0.05) is 6.42 Å². The highest BCUT2D eigenvalue weighted by Crippen LogP contribution is 2.05. The molecule has 0 aliphatic rings. The summed E-state index contributed by atoms with van der Waals surface area (Å²) < 4.78 is 5.28. The third kappa shape index (κ3) is 6.34. The van der Waals surface area contributed by atoms with Gasteiger partial charge >= 0.3 is 5.97 Å². The van der Waals surface area contributed by atoms with Gasteiger partial charge < -0.3 is 20.1 Å². The summed E-state index contributed by atoms with van der Waals surface area (Å²) in [6.45, 7) is 0.457. The van der Waals surface area contributed by atoms with E-state index < -0.39 is 18.2 Å². The molecule has 5 heteroatoms. The molecule has 5 nitrogen and oxygen atoms in total. The van der Waals surface area contributed by atoms with E-state index in [0.717, 1.165) is 5.56 Å². The first-order chi connectivity index (χ1) is 8.58. The number of rotatable bonds is 8. The highest BCUT2D eigenvalue weighted by atomic mass is 16.5. The molecule has 0 heterocycles. The monoisotopic (exact) mass is 254 g/mol. The molecule has 0 aromatic heterocycles. The number of benzene rings is 1. The highest BCUT2D eigenvalue weighted by molar-refractivity contribution is 5.67. The first kappa shape index (κ1) is 14.6. The molecule has 1 aromatic carbocycles. The smallest absolute Gasteiger partial charge is 0.305 e. The largest absolute Gasteiger partial charge is 0.481 e. The van der Waals surface area contributed by atoms with Crippen molar-refractivity contribution in [3.63, 3.8) is 0 Å². The van der Waals surface area contributed by atoms with Crippen molar-refractivity contribution in [1.82, 2.24) is 0 Å². The molecule has 0 spiro atoms. The molecule has 3 N–H and O–H groups in total. The van der Waals surface area contributed by atoms with Gasteiger partial charge in [-0.15, -0.1) is 0 Å². The molecule has 1 aromatic rings. The van der Waals surface area contributed by atoms with Gasteiger partial charge in [0.15, 0.2) is 0 Å². The fraction of sp³-hybridized carbons (Fsp3) is 0.462. The Balaban J connectivity index is 2.17. The summed E-state index contributed by atoms with van der Waals surface area (Å²) in [6.07, 6.45) is -2.27. The summed E-state index contributed by atoms with van der Waals surface area (Å²) in [7, 11) is 0. The van der Waals surface area contributed by atoms with Crippen LogP contribution in [0, 0.1) is 0 Å². The molecule has 0 aliphatic heterocycles. The average molecular weight is 254 g/mol. The van der Waals surface area contributed by atoms with Gasteiger partial charge in [0.05, 0.1) is 31.8 Å². The molecule has 100 valence electrons. The third-order valence-corrected chi connectivity index (χ3v) is 2.38. The van der Waals surface area contributed by atoms with E-state index in [4.69, 9.17) is 9.84 Å². The molecule has 0 aliphatic carbocycles. The van der Waals surface area contributed by atoms with Crippen LogP contribution in [0.2, 0.25) is 0 Å². The Labute approximate surface area is 106 Å². The second kappa shape index (κ2) is 7.81. The van der Waals surface area contributed by atoms with E-state index in [1.807, 2.05) is 30.3 Å². The van der Waals surface area contributed by atoms with Crippen molar-refractivity contribution in [3.05, 3.63) is 35.9 Å². The fourth-order valence-electron chi connectivity index (χ4n) is 1.55. The van der Waals surface area contributed by atoms with E-state index in [2.05, 4.69) is 0 Å². The zero-order valence-electron chi connectivity index (χ0n) is 10.0. The quantitative estimate of drug-likeness (QED) is 0.638. The molecule has 1 rings (SSSR count). The lowest BCUT2D eigenvalue weighted by molar-refractivity contribution is -0.139. The maximum Gasteiger partial charge on any atom is 0.305 e. The van der Waals surface area contributed by atoms with Crippen LogP contribution in [0.1, 0.15) is 18.4 Å². The van der Waals surface area contributed by atoms with Crippen molar-refractivity contribution in [3.8, 4) is 0 Å². The molecule has 0 unspecified atom stereocenters. The van der Waals surface area contributed by atoms with Crippen molar-refractivity contribution in [2.24, 2.45) is 0 Å². The predicted molar refractivity (Wildman–Crippen MR) is 65.0 cm³/mol. The van der Waals surface area contributed by atoms with Gasteiger partial charge in [0.25, 0.3) is 0 Å². The summed E-state index contributed by atoms with van der Waals surface area (Å²) in [4.78, 5) is 10.3. The number of ether oxygens (including phenoxy) is 1. The normalized spacial score (nSPS) is 14.1. The van der Waals surface area contributed by atoms with E-state index in [1.165, 1.54) is 0 Å². The number of hydrogen-bond acceptors (Lipinski definition) is 4. The van der Waals surface area contributed by atoms with Gasteiger partial charge in [-0.1, -0.05) is 30.3 Å². The molecule has 2 atom stereocenters. The molecular formula is C13H18O5. The molecule has 0 saturated heterocycles. The number of carboxylic acid groups (broad SMARTS) is 1. The van der Waals surface area contributed by atoms with Crippen LogP contribution in [0.25, 0.3) is 0 Å². The Morgan fingerprint density at radius 1 is 1.17 bits per heavy atom. The molecule has 0 radical (unpaired) electrons. The van der Waals surface area contributed by atoms with E-state index >= 15 is 0 Å². The SMILES string of the molecule is O=C(O)C[C@H](O)C[C@H](O)COCc1ccccc1. The van der Waals surface area contributed by atoms with Gasteiger partial charge in [-0.25, -0.2) is 0 Å². The summed E-state index contributed by atoms with van der Waals surface area (Å²) in [5.74, 6) is -1.08. The minimum Gasteiger partial charge on any atom is -0.481 e. The van der Waals surface area contributed by atoms with Crippen LogP contribution in [0.3, 0.4) is 0 Å². The molecular weight excluding hydrogens is 236 g/mol. The van der Waals surface area contributed by atoms with Crippen LogP contribution in [0.4, 0.5) is 0 Å². The first-order valence-corrected chi connectivity index (χ1v) is 5.77. The summed E-state index contributed by atoms with van der Waals surface area (Å²) >= 11 is 0. The second-order valence-corrected chi connectivity index (χ2v) is 4.14. The van der Waals surface area contributed by atoms with E-state index in [0.29, 0.717) is 6.61 Å². The lowest BCUT2D eigenvalue weighted by atomic mass is 10.1. The average Bonchev–Trinajstić information content (AvgIpc) is 2.29. The summed E-state index contributed by atoms with van der Waals surface area (Å²) in [6, 6.07) is 9.51. The molecule has 0 amide bonds. The molecule has 0 bridgehead atoms. The van der Waals surface area contributed by atoms with Crippen LogP contribution >= 0.6 is 0 Å². The van der Waals surface area contributed by atoms with Gasteiger partial charge in [0.1, 0.15) is 0 Å². The summed E-state index contributed by atoms with van der Waals surface area (Å²) in [5.41, 5.74) is 0.996. The first-order valence-electron chi connectivity index (χ1n) is 5.77. The Bertz CT molecular complexity index is 352. The Kier molecular flexibility index (Phi) is 6.35. The van der Waals surface area contributed by atoms with Crippen molar-refractivity contribution < 1.29 is 24.9 Å². The van der Waals surface area contributed by atoms with Gasteiger partial charge in [-0.05, 0) is 5.56 Å². The Morgan fingerprint density at radius 3 is 2.44 bits per heavy atom.